The highest BCUT2D eigenvalue weighted by atomic mass is 32.1. The van der Waals surface area contributed by atoms with E-state index in [0.29, 0.717) is 18.7 Å². The van der Waals surface area contributed by atoms with Gasteiger partial charge in [-0.1, -0.05) is 32.0 Å². The van der Waals surface area contributed by atoms with E-state index in [1.165, 1.54) is 17.9 Å². The lowest BCUT2D eigenvalue weighted by molar-refractivity contribution is -0.138. The number of piperazine rings is 1. The zero-order chi connectivity index (χ0) is 21.0. The summed E-state index contributed by atoms with van der Waals surface area (Å²) in [6.45, 7) is 8.97. The van der Waals surface area contributed by atoms with E-state index < -0.39 is 6.04 Å². The van der Waals surface area contributed by atoms with Crippen LogP contribution in [0.15, 0.2) is 36.4 Å². The molecule has 1 aliphatic rings. The molecule has 29 heavy (non-hydrogen) atoms. The van der Waals surface area contributed by atoms with Crippen molar-refractivity contribution in [3.63, 3.8) is 0 Å². The van der Waals surface area contributed by atoms with Gasteiger partial charge in [0.05, 0.1) is 0 Å². The molecule has 0 radical (unpaired) electrons. The Bertz CT molecular complexity index is 859. The summed E-state index contributed by atoms with van der Waals surface area (Å²) >= 11 is 1.61. The van der Waals surface area contributed by atoms with E-state index >= 15 is 0 Å². The van der Waals surface area contributed by atoms with Crippen LogP contribution < -0.4 is 5.32 Å². The standard InChI is InChI=1S/C22H28FN3O2S/c1-15(2)21(24-16(3)27)22(28)26-12-10-25(11-13-26)14-17-8-9-20(29-17)18-6-4-5-7-19(18)23/h4-9,15,21H,10-14H2,1-3H3,(H,24,27). The molecular weight excluding hydrogens is 389 g/mol. The van der Waals surface area contributed by atoms with Crippen molar-refractivity contribution in [3.05, 3.63) is 47.1 Å². The molecule has 2 heterocycles. The average Bonchev–Trinajstić information content (AvgIpc) is 3.14. The maximum absolute atomic E-state index is 14.0. The van der Waals surface area contributed by atoms with Crippen molar-refractivity contribution in [2.75, 3.05) is 26.2 Å². The molecule has 1 unspecified atom stereocenters. The number of hydrogen-bond donors (Lipinski definition) is 1. The molecule has 0 spiro atoms. The number of hydrogen-bond acceptors (Lipinski definition) is 4. The van der Waals surface area contributed by atoms with Gasteiger partial charge >= 0.3 is 0 Å². The van der Waals surface area contributed by atoms with E-state index in [-0.39, 0.29) is 23.5 Å². The summed E-state index contributed by atoms with van der Waals surface area (Å²) in [6, 6.07) is 10.4. The van der Waals surface area contributed by atoms with Crippen molar-refractivity contribution >= 4 is 23.2 Å². The lowest BCUT2D eigenvalue weighted by Crippen LogP contribution is -2.56. The fraction of sp³-hybridized carbons (Fsp3) is 0.455. The van der Waals surface area contributed by atoms with Gasteiger partial charge in [0, 0.05) is 55.0 Å². The van der Waals surface area contributed by atoms with Crippen molar-refractivity contribution in [2.24, 2.45) is 5.92 Å². The normalized spacial score (nSPS) is 16.1. The Labute approximate surface area is 175 Å². The first-order valence-electron chi connectivity index (χ1n) is 9.97. The van der Waals surface area contributed by atoms with Crippen molar-refractivity contribution in [1.29, 1.82) is 0 Å². The van der Waals surface area contributed by atoms with Gasteiger partial charge in [-0.2, -0.15) is 0 Å². The number of carbonyl (C=O) groups excluding carboxylic acids is 2. The molecule has 7 heteroatoms. The van der Waals surface area contributed by atoms with Gasteiger partial charge in [0.15, 0.2) is 0 Å². The molecule has 1 aromatic heterocycles. The minimum atomic E-state index is -0.473. The number of halogens is 1. The van der Waals surface area contributed by atoms with E-state index in [1.807, 2.05) is 30.9 Å². The molecule has 0 saturated carbocycles. The number of rotatable bonds is 6. The summed E-state index contributed by atoms with van der Waals surface area (Å²) in [6.07, 6.45) is 0. The summed E-state index contributed by atoms with van der Waals surface area (Å²) in [5, 5.41) is 2.78. The van der Waals surface area contributed by atoms with Crippen LogP contribution in [0.1, 0.15) is 25.6 Å². The Morgan fingerprint density at radius 3 is 2.41 bits per heavy atom. The maximum atomic E-state index is 14.0. The quantitative estimate of drug-likeness (QED) is 0.784. The molecule has 1 aromatic carbocycles. The van der Waals surface area contributed by atoms with E-state index in [2.05, 4.69) is 16.3 Å². The molecule has 2 aromatic rings. The Balaban J connectivity index is 1.56. The van der Waals surface area contributed by atoms with Gasteiger partial charge in [-0.3, -0.25) is 14.5 Å². The second-order valence-electron chi connectivity index (χ2n) is 7.77. The molecule has 1 atom stereocenters. The van der Waals surface area contributed by atoms with Crippen molar-refractivity contribution in [2.45, 2.75) is 33.4 Å². The summed E-state index contributed by atoms with van der Waals surface area (Å²) < 4.78 is 14.0. The minimum Gasteiger partial charge on any atom is -0.344 e. The van der Waals surface area contributed by atoms with Crippen molar-refractivity contribution in [3.8, 4) is 10.4 Å². The van der Waals surface area contributed by atoms with E-state index in [4.69, 9.17) is 0 Å². The first kappa shape index (κ1) is 21.5. The number of carbonyl (C=O) groups is 2. The van der Waals surface area contributed by atoms with Crippen LogP contribution in [-0.2, 0) is 16.1 Å². The zero-order valence-corrected chi connectivity index (χ0v) is 18.0. The zero-order valence-electron chi connectivity index (χ0n) is 17.2. The van der Waals surface area contributed by atoms with E-state index in [0.717, 1.165) is 24.5 Å². The molecule has 2 amide bonds. The Morgan fingerprint density at radius 1 is 1.10 bits per heavy atom. The van der Waals surface area contributed by atoms with Gasteiger partial charge in [-0.15, -0.1) is 11.3 Å². The third kappa shape index (κ3) is 5.42. The molecule has 5 nitrogen and oxygen atoms in total. The highest BCUT2D eigenvalue weighted by Gasteiger charge is 2.30. The highest BCUT2D eigenvalue weighted by molar-refractivity contribution is 7.15. The molecule has 0 aliphatic carbocycles. The van der Waals surface area contributed by atoms with Crippen LogP contribution in [0.5, 0.6) is 0 Å². The fourth-order valence-electron chi connectivity index (χ4n) is 3.54. The van der Waals surface area contributed by atoms with Crippen molar-refractivity contribution in [1.82, 2.24) is 15.1 Å². The molecule has 156 valence electrons. The van der Waals surface area contributed by atoms with Crippen LogP contribution in [0.4, 0.5) is 4.39 Å². The predicted octanol–water partition coefficient (Wildman–Crippen LogP) is 3.36. The molecule has 1 saturated heterocycles. The van der Waals surface area contributed by atoms with Crippen LogP contribution >= 0.6 is 11.3 Å². The van der Waals surface area contributed by atoms with Gasteiger partial charge in [0.1, 0.15) is 11.9 Å². The third-order valence-electron chi connectivity index (χ3n) is 5.16. The lowest BCUT2D eigenvalue weighted by atomic mass is 10.0. The minimum absolute atomic E-state index is 0.00665. The highest BCUT2D eigenvalue weighted by Crippen LogP contribution is 2.30. The van der Waals surface area contributed by atoms with E-state index in [9.17, 15) is 14.0 Å². The molecule has 1 fully saturated rings. The van der Waals surface area contributed by atoms with Gasteiger partial charge < -0.3 is 10.2 Å². The molecule has 3 rings (SSSR count). The Hall–Kier alpha value is -2.25. The van der Waals surface area contributed by atoms with Crippen LogP contribution in [0, 0.1) is 11.7 Å². The SMILES string of the molecule is CC(=O)NC(C(=O)N1CCN(Cc2ccc(-c3ccccc3F)s2)CC1)C(C)C. The van der Waals surface area contributed by atoms with Gasteiger partial charge in [0.25, 0.3) is 0 Å². The van der Waals surface area contributed by atoms with Crippen LogP contribution in [-0.4, -0.2) is 53.8 Å². The molecule has 1 aliphatic heterocycles. The Kier molecular flexibility index (Phi) is 7.03. The first-order valence-corrected chi connectivity index (χ1v) is 10.8. The first-order chi connectivity index (χ1) is 13.8. The van der Waals surface area contributed by atoms with Crippen molar-refractivity contribution < 1.29 is 14.0 Å². The second kappa shape index (κ2) is 9.50. The third-order valence-corrected chi connectivity index (χ3v) is 6.26. The summed E-state index contributed by atoms with van der Waals surface area (Å²) in [5.74, 6) is -0.342. The second-order valence-corrected chi connectivity index (χ2v) is 8.94. The van der Waals surface area contributed by atoms with Crippen LogP contribution in [0.3, 0.4) is 0 Å². The number of amides is 2. The fourth-order valence-corrected chi connectivity index (χ4v) is 4.62. The summed E-state index contributed by atoms with van der Waals surface area (Å²) in [7, 11) is 0. The largest absolute Gasteiger partial charge is 0.344 e. The predicted molar refractivity (Wildman–Crippen MR) is 114 cm³/mol. The Morgan fingerprint density at radius 2 is 1.79 bits per heavy atom. The summed E-state index contributed by atoms with van der Waals surface area (Å²) in [5.41, 5.74) is 0.636. The van der Waals surface area contributed by atoms with Gasteiger partial charge in [-0.05, 0) is 24.1 Å². The van der Waals surface area contributed by atoms with Gasteiger partial charge in [0.2, 0.25) is 11.8 Å². The molecule has 0 bridgehead atoms. The van der Waals surface area contributed by atoms with Gasteiger partial charge in [-0.25, -0.2) is 4.39 Å². The number of thiophene rings is 1. The number of benzene rings is 1. The van der Waals surface area contributed by atoms with Crippen LogP contribution in [0.25, 0.3) is 10.4 Å². The monoisotopic (exact) mass is 417 g/mol. The maximum Gasteiger partial charge on any atom is 0.245 e. The summed E-state index contributed by atoms with van der Waals surface area (Å²) in [4.78, 5) is 30.5. The lowest BCUT2D eigenvalue weighted by Gasteiger charge is -2.37. The number of nitrogens with zero attached hydrogens (tertiary/aromatic N) is 2. The number of nitrogens with one attached hydrogen (secondary N) is 1. The van der Waals surface area contributed by atoms with Crippen LogP contribution in [0.2, 0.25) is 0 Å². The topological polar surface area (TPSA) is 52.7 Å². The van der Waals surface area contributed by atoms with E-state index in [1.54, 1.807) is 23.5 Å². The molecular formula is C22H28FN3O2S. The smallest absolute Gasteiger partial charge is 0.245 e. The average molecular weight is 418 g/mol. The molecule has 1 N–H and O–H groups in total.